The lowest BCUT2D eigenvalue weighted by atomic mass is 10.1. The smallest absolute Gasteiger partial charge is 0.274 e. The molecule has 0 saturated carbocycles. The third kappa shape index (κ3) is 4.10. The number of hydrogen-bond acceptors (Lipinski definition) is 3. The van der Waals surface area contributed by atoms with E-state index in [4.69, 9.17) is 0 Å². The second-order valence-corrected chi connectivity index (χ2v) is 5.66. The fourth-order valence-corrected chi connectivity index (χ4v) is 2.36. The Morgan fingerprint density at radius 2 is 1.73 bits per heavy atom. The first-order chi connectivity index (χ1) is 12.5. The second-order valence-electron chi connectivity index (χ2n) is 5.66. The zero-order chi connectivity index (χ0) is 18.5. The average Bonchev–Trinajstić information content (AvgIpc) is 2.63. The molecule has 5 nitrogen and oxygen atoms in total. The third-order valence-corrected chi connectivity index (χ3v) is 3.73. The first-order valence-corrected chi connectivity index (χ1v) is 7.93. The molecule has 0 bridgehead atoms. The summed E-state index contributed by atoms with van der Waals surface area (Å²) in [4.78, 5) is 28.7. The minimum atomic E-state index is -0.527. The molecule has 2 aromatic carbocycles. The molecule has 0 spiro atoms. The van der Waals surface area contributed by atoms with Crippen molar-refractivity contribution in [1.29, 1.82) is 0 Å². The normalized spacial score (nSPS) is 10.2. The molecule has 3 rings (SSSR count). The molecule has 0 aliphatic rings. The zero-order valence-electron chi connectivity index (χ0n) is 14.0. The molecule has 0 radical (unpaired) electrons. The molecule has 3 aromatic rings. The summed E-state index contributed by atoms with van der Waals surface area (Å²) in [7, 11) is 0. The lowest BCUT2D eigenvalue weighted by molar-refractivity contribution is 0.102. The van der Waals surface area contributed by atoms with Crippen LogP contribution in [0.1, 0.15) is 26.4 Å². The van der Waals surface area contributed by atoms with Gasteiger partial charge in [-0.25, -0.2) is 4.39 Å². The summed E-state index contributed by atoms with van der Waals surface area (Å²) < 4.78 is 13.2. The number of amides is 2. The van der Waals surface area contributed by atoms with Crippen molar-refractivity contribution in [1.82, 2.24) is 4.98 Å². The summed E-state index contributed by atoms with van der Waals surface area (Å²) in [6.45, 7) is 1.89. The molecular weight excluding hydrogens is 333 g/mol. The molecule has 2 amide bonds. The highest BCUT2D eigenvalue weighted by Gasteiger charge is 2.13. The van der Waals surface area contributed by atoms with Crippen molar-refractivity contribution in [2.75, 3.05) is 10.6 Å². The Labute approximate surface area is 149 Å². The highest BCUT2D eigenvalue weighted by molar-refractivity contribution is 6.08. The maximum atomic E-state index is 13.2. The molecule has 26 heavy (non-hydrogen) atoms. The number of para-hydroxylation sites is 1. The second kappa shape index (κ2) is 7.57. The van der Waals surface area contributed by atoms with Crippen molar-refractivity contribution in [2.45, 2.75) is 6.92 Å². The van der Waals surface area contributed by atoms with Crippen LogP contribution in [0.2, 0.25) is 0 Å². The van der Waals surface area contributed by atoms with Gasteiger partial charge in [0, 0.05) is 23.1 Å². The molecule has 1 heterocycles. The number of aromatic nitrogens is 1. The van der Waals surface area contributed by atoms with E-state index >= 15 is 0 Å². The SMILES string of the molecule is Cc1ccccc1NC(=O)c1ccnc(C(=O)Nc2cccc(F)c2)c1. The van der Waals surface area contributed by atoms with Crippen LogP contribution in [-0.2, 0) is 0 Å². The molecule has 6 heteroatoms. The number of carbonyl (C=O) groups is 2. The predicted molar refractivity (Wildman–Crippen MR) is 97.7 cm³/mol. The summed E-state index contributed by atoms with van der Waals surface area (Å²) in [5, 5.41) is 5.35. The summed E-state index contributed by atoms with van der Waals surface area (Å²) in [6, 6.07) is 15.8. The van der Waals surface area contributed by atoms with Gasteiger partial charge in [-0.05, 0) is 48.9 Å². The first-order valence-electron chi connectivity index (χ1n) is 7.93. The Morgan fingerprint density at radius 1 is 0.923 bits per heavy atom. The summed E-state index contributed by atoms with van der Waals surface area (Å²) >= 11 is 0. The number of anilines is 2. The number of pyridine rings is 1. The largest absolute Gasteiger partial charge is 0.322 e. The fraction of sp³-hybridized carbons (Fsp3) is 0.0500. The van der Waals surface area contributed by atoms with Gasteiger partial charge >= 0.3 is 0 Å². The van der Waals surface area contributed by atoms with E-state index in [1.807, 2.05) is 25.1 Å². The standard InChI is InChI=1S/C20H16FN3O2/c1-13-5-2-3-8-17(13)24-19(25)14-9-10-22-18(11-14)20(26)23-16-7-4-6-15(21)12-16/h2-12H,1H3,(H,23,26)(H,24,25). The van der Waals surface area contributed by atoms with Crippen molar-refractivity contribution in [3.63, 3.8) is 0 Å². The van der Waals surface area contributed by atoms with Crippen molar-refractivity contribution in [3.05, 3.63) is 89.5 Å². The van der Waals surface area contributed by atoms with Crippen molar-refractivity contribution in [3.8, 4) is 0 Å². The van der Waals surface area contributed by atoms with Gasteiger partial charge in [-0.15, -0.1) is 0 Å². The number of nitrogens with one attached hydrogen (secondary N) is 2. The topological polar surface area (TPSA) is 71.1 Å². The third-order valence-electron chi connectivity index (χ3n) is 3.73. The van der Waals surface area contributed by atoms with Crippen molar-refractivity contribution in [2.24, 2.45) is 0 Å². The van der Waals surface area contributed by atoms with E-state index in [1.165, 1.54) is 36.5 Å². The number of benzene rings is 2. The van der Waals surface area contributed by atoms with Crippen LogP contribution in [0.15, 0.2) is 66.9 Å². The van der Waals surface area contributed by atoms with Crippen LogP contribution < -0.4 is 10.6 Å². The van der Waals surface area contributed by atoms with Gasteiger partial charge in [0.15, 0.2) is 0 Å². The number of aryl methyl sites for hydroxylation is 1. The van der Waals surface area contributed by atoms with Crippen LogP contribution in [0.5, 0.6) is 0 Å². The van der Waals surface area contributed by atoms with Crippen LogP contribution in [0, 0.1) is 12.7 Å². The van der Waals surface area contributed by atoms with Crippen LogP contribution in [0.3, 0.4) is 0 Å². The Balaban J connectivity index is 1.76. The van der Waals surface area contributed by atoms with E-state index < -0.39 is 11.7 Å². The maximum absolute atomic E-state index is 13.2. The van der Waals surface area contributed by atoms with Crippen LogP contribution >= 0.6 is 0 Å². The van der Waals surface area contributed by atoms with Gasteiger partial charge in [0.25, 0.3) is 11.8 Å². The molecule has 0 unspecified atom stereocenters. The molecule has 0 aliphatic carbocycles. The van der Waals surface area contributed by atoms with E-state index in [0.29, 0.717) is 16.9 Å². The summed E-state index contributed by atoms with van der Waals surface area (Å²) in [5.74, 6) is -1.33. The van der Waals surface area contributed by atoms with Crippen molar-refractivity contribution < 1.29 is 14.0 Å². The van der Waals surface area contributed by atoms with Crippen LogP contribution in [0.25, 0.3) is 0 Å². The van der Waals surface area contributed by atoms with Gasteiger partial charge in [-0.3, -0.25) is 14.6 Å². The predicted octanol–water partition coefficient (Wildman–Crippen LogP) is 4.03. The van der Waals surface area contributed by atoms with E-state index in [2.05, 4.69) is 15.6 Å². The molecule has 0 fully saturated rings. The van der Waals surface area contributed by atoms with E-state index in [-0.39, 0.29) is 11.6 Å². The lowest BCUT2D eigenvalue weighted by Gasteiger charge is -2.09. The Hall–Kier alpha value is -3.54. The van der Waals surface area contributed by atoms with Gasteiger partial charge in [-0.2, -0.15) is 0 Å². The van der Waals surface area contributed by atoms with E-state index in [9.17, 15) is 14.0 Å². The number of rotatable bonds is 4. The molecule has 0 aliphatic heterocycles. The van der Waals surface area contributed by atoms with Gasteiger partial charge in [-0.1, -0.05) is 24.3 Å². The Morgan fingerprint density at radius 3 is 2.50 bits per heavy atom. The Bertz CT molecular complexity index is 973. The number of halogens is 1. The maximum Gasteiger partial charge on any atom is 0.274 e. The highest BCUT2D eigenvalue weighted by atomic mass is 19.1. The zero-order valence-corrected chi connectivity index (χ0v) is 14.0. The average molecular weight is 349 g/mol. The fourth-order valence-electron chi connectivity index (χ4n) is 2.36. The van der Waals surface area contributed by atoms with Crippen molar-refractivity contribution >= 4 is 23.2 Å². The van der Waals surface area contributed by atoms with Gasteiger partial charge in [0.1, 0.15) is 11.5 Å². The van der Waals surface area contributed by atoms with E-state index in [0.717, 1.165) is 5.56 Å². The lowest BCUT2D eigenvalue weighted by Crippen LogP contribution is -2.17. The number of hydrogen-bond donors (Lipinski definition) is 2. The summed E-state index contributed by atoms with van der Waals surface area (Å²) in [6.07, 6.45) is 1.38. The molecule has 130 valence electrons. The van der Waals surface area contributed by atoms with Crippen LogP contribution in [-0.4, -0.2) is 16.8 Å². The summed E-state index contributed by atoms with van der Waals surface area (Å²) in [5.41, 5.74) is 2.30. The minimum absolute atomic E-state index is 0.0618. The molecule has 0 saturated heterocycles. The monoisotopic (exact) mass is 349 g/mol. The number of nitrogens with zero attached hydrogens (tertiary/aromatic N) is 1. The van der Waals surface area contributed by atoms with E-state index in [1.54, 1.807) is 12.1 Å². The number of carbonyl (C=O) groups excluding carboxylic acids is 2. The molecule has 0 atom stereocenters. The van der Waals surface area contributed by atoms with Gasteiger partial charge in [0.05, 0.1) is 0 Å². The van der Waals surface area contributed by atoms with Gasteiger partial charge < -0.3 is 10.6 Å². The van der Waals surface area contributed by atoms with Gasteiger partial charge in [0.2, 0.25) is 0 Å². The van der Waals surface area contributed by atoms with Crippen LogP contribution in [0.4, 0.5) is 15.8 Å². The molecule has 1 aromatic heterocycles. The quantitative estimate of drug-likeness (QED) is 0.747. The Kier molecular flexibility index (Phi) is 5.03. The highest BCUT2D eigenvalue weighted by Crippen LogP contribution is 2.15. The minimum Gasteiger partial charge on any atom is -0.322 e. The first kappa shape index (κ1) is 17.3. The molecule has 2 N–H and O–H groups in total. The molecular formula is C20H16FN3O2.